The van der Waals surface area contributed by atoms with Crippen LogP contribution < -0.4 is 9.47 Å². The third-order valence-electron chi connectivity index (χ3n) is 5.15. The van der Waals surface area contributed by atoms with Crippen molar-refractivity contribution >= 4 is 22.0 Å². The van der Waals surface area contributed by atoms with E-state index in [9.17, 15) is 13.2 Å². The topological polar surface area (TPSA) is 76.2 Å². The van der Waals surface area contributed by atoms with Crippen LogP contribution in [0.3, 0.4) is 0 Å². The molecule has 0 aromatic heterocycles. The fourth-order valence-electron chi connectivity index (χ4n) is 3.49. The minimum atomic E-state index is -3.52. The van der Waals surface area contributed by atoms with Gasteiger partial charge in [-0.05, 0) is 29.3 Å². The lowest BCUT2D eigenvalue weighted by Crippen LogP contribution is -2.50. The predicted molar refractivity (Wildman–Crippen MR) is 114 cm³/mol. The van der Waals surface area contributed by atoms with Crippen LogP contribution >= 0.6 is 0 Å². The summed E-state index contributed by atoms with van der Waals surface area (Å²) in [5, 5.41) is 1.23. The summed E-state index contributed by atoms with van der Waals surface area (Å²) < 4.78 is 37.6. The monoisotopic (exact) mass is 428 g/mol. The zero-order valence-electron chi connectivity index (χ0n) is 16.6. The van der Waals surface area contributed by atoms with E-state index in [1.807, 2.05) is 48.5 Å². The second-order valence-corrected chi connectivity index (χ2v) is 9.01. The highest BCUT2D eigenvalue weighted by molar-refractivity contribution is 7.92. The Bertz CT molecular complexity index is 1030. The molecule has 0 atom stereocenters. The summed E-state index contributed by atoms with van der Waals surface area (Å²) in [6.45, 7) is 2.35. The van der Waals surface area contributed by atoms with Gasteiger partial charge in [-0.1, -0.05) is 36.4 Å². The summed E-state index contributed by atoms with van der Waals surface area (Å²) in [7, 11) is -3.52. The number of hydrogen-bond acceptors (Lipinski definition) is 5. The predicted octanol–water partition coefficient (Wildman–Crippen LogP) is 2.15. The number of amides is 1. The fraction of sp³-hybridized carbons (Fsp3) is 0.318. The molecule has 2 aliphatic rings. The van der Waals surface area contributed by atoms with Gasteiger partial charge in [-0.3, -0.25) is 4.79 Å². The van der Waals surface area contributed by atoms with Gasteiger partial charge >= 0.3 is 0 Å². The van der Waals surface area contributed by atoms with Gasteiger partial charge < -0.3 is 14.4 Å². The fourth-order valence-corrected chi connectivity index (χ4v) is 4.66. The third kappa shape index (κ3) is 4.83. The van der Waals surface area contributed by atoms with Crippen LogP contribution in [0.25, 0.3) is 6.08 Å². The largest absolute Gasteiger partial charge is 0.486 e. The minimum absolute atomic E-state index is 0.0245. The van der Waals surface area contributed by atoms with Crippen LogP contribution in [0.2, 0.25) is 0 Å². The first-order valence-electron chi connectivity index (χ1n) is 9.91. The van der Waals surface area contributed by atoms with Crippen molar-refractivity contribution in [2.45, 2.75) is 6.42 Å². The molecule has 0 unspecified atom stereocenters. The molecule has 2 aromatic carbocycles. The number of carbonyl (C=O) groups excluding carboxylic acids is 1. The highest BCUT2D eigenvalue weighted by atomic mass is 32.2. The highest BCUT2D eigenvalue weighted by Gasteiger charge is 2.27. The molecule has 0 N–H and O–H groups in total. The molecule has 1 amide bonds. The molecule has 2 aliphatic heterocycles. The minimum Gasteiger partial charge on any atom is -0.486 e. The number of fused-ring (bicyclic) bond motifs is 1. The Hall–Kier alpha value is -2.84. The number of benzene rings is 2. The van der Waals surface area contributed by atoms with Gasteiger partial charge in [0.2, 0.25) is 15.9 Å². The molecule has 0 radical (unpaired) electrons. The van der Waals surface area contributed by atoms with E-state index >= 15 is 0 Å². The maximum absolute atomic E-state index is 12.7. The molecule has 1 fully saturated rings. The van der Waals surface area contributed by atoms with Crippen molar-refractivity contribution < 1.29 is 22.7 Å². The third-order valence-corrected chi connectivity index (χ3v) is 6.71. The Kier molecular flexibility index (Phi) is 6.06. The van der Waals surface area contributed by atoms with Crippen molar-refractivity contribution in [1.82, 2.24) is 9.21 Å². The van der Waals surface area contributed by atoms with Crippen LogP contribution in [0.1, 0.15) is 11.1 Å². The molecule has 0 spiro atoms. The van der Waals surface area contributed by atoms with Crippen molar-refractivity contribution in [3.8, 4) is 11.5 Å². The molecule has 0 saturated carbocycles. The molecule has 1 saturated heterocycles. The molecular formula is C22H24N2O5S. The van der Waals surface area contributed by atoms with Crippen molar-refractivity contribution in [2.75, 3.05) is 39.4 Å². The summed E-state index contributed by atoms with van der Waals surface area (Å²) in [5.41, 5.74) is 1.68. The summed E-state index contributed by atoms with van der Waals surface area (Å²) in [6, 6.07) is 14.8. The average molecular weight is 429 g/mol. The molecule has 2 heterocycles. The van der Waals surface area contributed by atoms with Gasteiger partial charge in [0.25, 0.3) is 0 Å². The first kappa shape index (κ1) is 20.4. The molecule has 4 rings (SSSR count). The second kappa shape index (κ2) is 8.89. The number of nitrogens with zero attached hydrogens (tertiary/aromatic N) is 2. The Morgan fingerprint density at radius 2 is 1.63 bits per heavy atom. The smallest absolute Gasteiger partial charge is 0.236 e. The second-order valence-electron chi connectivity index (χ2n) is 7.19. The lowest BCUT2D eigenvalue weighted by atomic mass is 10.1. The Labute approximate surface area is 176 Å². The van der Waals surface area contributed by atoms with E-state index in [0.29, 0.717) is 37.8 Å². The SMILES string of the molecule is O=C(Cc1ccc2c(c1)OCCO2)N1CCN(S(=O)(=O)/C=C/c2ccccc2)CC1. The van der Waals surface area contributed by atoms with E-state index in [1.165, 1.54) is 9.71 Å². The number of sulfonamides is 1. The highest BCUT2D eigenvalue weighted by Crippen LogP contribution is 2.31. The van der Waals surface area contributed by atoms with Crippen molar-refractivity contribution in [1.29, 1.82) is 0 Å². The van der Waals surface area contributed by atoms with Crippen LogP contribution in [-0.4, -0.2) is 62.9 Å². The van der Waals surface area contributed by atoms with Crippen molar-refractivity contribution in [3.05, 3.63) is 65.1 Å². The number of hydrogen-bond donors (Lipinski definition) is 0. The van der Waals surface area contributed by atoms with E-state index in [4.69, 9.17) is 9.47 Å². The lowest BCUT2D eigenvalue weighted by Gasteiger charge is -2.33. The van der Waals surface area contributed by atoms with Gasteiger partial charge in [0, 0.05) is 31.6 Å². The summed E-state index contributed by atoms with van der Waals surface area (Å²) in [6.07, 6.45) is 1.84. The first-order chi connectivity index (χ1) is 14.5. The van der Waals surface area contributed by atoms with Crippen LogP contribution in [0.4, 0.5) is 0 Å². The van der Waals surface area contributed by atoms with Crippen LogP contribution in [0.15, 0.2) is 53.9 Å². The van der Waals surface area contributed by atoms with Crippen LogP contribution in [-0.2, 0) is 21.2 Å². The maximum atomic E-state index is 12.7. The van der Waals surface area contributed by atoms with E-state index < -0.39 is 10.0 Å². The Balaban J connectivity index is 1.32. The van der Waals surface area contributed by atoms with Gasteiger partial charge in [-0.15, -0.1) is 0 Å². The van der Waals surface area contributed by atoms with Crippen LogP contribution in [0, 0.1) is 0 Å². The van der Waals surface area contributed by atoms with Gasteiger partial charge in [0.15, 0.2) is 11.5 Å². The quantitative estimate of drug-likeness (QED) is 0.729. The standard InChI is InChI=1S/C22H24N2O5S/c25-22(17-19-6-7-20-21(16-19)29-14-13-28-20)23-9-11-24(12-10-23)30(26,27)15-8-18-4-2-1-3-5-18/h1-8,15-16H,9-14,17H2/b15-8+. The van der Waals surface area contributed by atoms with E-state index in [0.717, 1.165) is 11.1 Å². The summed E-state index contributed by atoms with van der Waals surface area (Å²) in [4.78, 5) is 14.4. The molecule has 0 aliphatic carbocycles. The number of carbonyl (C=O) groups is 1. The van der Waals surface area contributed by atoms with E-state index in [2.05, 4.69) is 0 Å². The summed E-state index contributed by atoms with van der Waals surface area (Å²) >= 11 is 0. The first-order valence-corrected chi connectivity index (χ1v) is 11.4. The number of piperazine rings is 1. The Morgan fingerprint density at radius 1 is 0.933 bits per heavy atom. The number of ether oxygens (including phenoxy) is 2. The molecular weight excluding hydrogens is 404 g/mol. The van der Waals surface area contributed by atoms with Gasteiger partial charge in [0.05, 0.1) is 6.42 Å². The average Bonchev–Trinajstić information content (AvgIpc) is 2.78. The number of rotatable bonds is 5. The normalized spacial score (nSPS) is 17.3. The lowest BCUT2D eigenvalue weighted by molar-refractivity contribution is -0.131. The summed E-state index contributed by atoms with van der Waals surface area (Å²) in [5.74, 6) is 1.33. The molecule has 158 valence electrons. The molecule has 2 aromatic rings. The van der Waals surface area contributed by atoms with E-state index in [1.54, 1.807) is 11.0 Å². The molecule has 8 heteroatoms. The zero-order chi connectivity index (χ0) is 21.0. The van der Waals surface area contributed by atoms with Crippen molar-refractivity contribution in [3.63, 3.8) is 0 Å². The van der Waals surface area contributed by atoms with Gasteiger partial charge in [-0.25, -0.2) is 8.42 Å². The maximum Gasteiger partial charge on any atom is 0.236 e. The van der Waals surface area contributed by atoms with E-state index in [-0.39, 0.29) is 25.4 Å². The zero-order valence-corrected chi connectivity index (χ0v) is 17.4. The molecule has 7 nitrogen and oxygen atoms in total. The molecule has 0 bridgehead atoms. The van der Waals surface area contributed by atoms with Gasteiger partial charge in [0.1, 0.15) is 13.2 Å². The van der Waals surface area contributed by atoms with Crippen molar-refractivity contribution in [2.24, 2.45) is 0 Å². The Morgan fingerprint density at radius 3 is 2.37 bits per heavy atom. The van der Waals surface area contributed by atoms with Crippen LogP contribution in [0.5, 0.6) is 11.5 Å². The molecule has 30 heavy (non-hydrogen) atoms. The van der Waals surface area contributed by atoms with Gasteiger partial charge in [-0.2, -0.15) is 4.31 Å².